The number of carboxylic acids is 2. The normalized spacial score (nSPS) is 29.8. The van der Waals surface area contributed by atoms with Gasteiger partial charge in [-0.15, -0.1) is 16.9 Å². The van der Waals surface area contributed by atoms with E-state index in [1.807, 2.05) is 6.07 Å². The summed E-state index contributed by atoms with van der Waals surface area (Å²) in [5.41, 5.74) is 7.24. The number of nitrogens with one attached hydrogen (secondary N) is 1. The predicted molar refractivity (Wildman–Crippen MR) is 151 cm³/mol. The van der Waals surface area contributed by atoms with E-state index in [4.69, 9.17) is 5.73 Å². The van der Waals surface area contributed by atoms with Crippen LogP contribution in [0.5, 0.6) is 0 Å². The molecule has 2 amide bonds. The first-order valence-electron chi connectivity index (χ1n) is 13.5. The zero-order valence-corrected chi connectivity index (χ0v) is 28.2. The quantitative estimate of drug-likeness (QED) is 0.186. The van der Waals surface area contributed by atoms with Crippen molar-refractivity contribution in [1.82, 2.24) is 25.2 Å². The van der Waals surface area contributed by atoms with E-state index < -0.39 is 72.9 Å². The molecule has 3 fully saturated rings. The van der Waals surface area contributed by atoms with Gasteiger partial charge < -0.3 is 26.1 Å². The van der Waals surface area contributed by atoms with Crippen LogP contribution >= 0.6 is 11.8 Å². The number of carboxylic acid groups (broad SMARTS) is 2. The molecule has 15 nitrogen and oxygen atoms in total. The van der Waals surface area contributed by atoms with Crippen molar-refractivity contribution < 1.29 is 72.2 Å². The van der Waals surface area contributed by atoms with Crippen LogP contribution in [-0.4, -0.2) is 90.1 Å². The summed E-state index contributed by atoms with van der Waals surface area (Å²) < 4.78 is 24.8. The maximum Gasteiger partial charge on any atom is 1.00 e. The first-order chi connectivity index (χ1) is 20.7. The van der Waals surface area contributed by atoms with Gasteiger partial charge >= 0.3 is 35.5 Å². The molecule has 2 aromatic rings. The number of aliphatic carboxylic acids is 2. The van der Waals surface area contributed by atoms with Gasteiger partial charge in [-0.05, 0) is 25.0 Å². The number of aromatic nitrogens is 3. The van der Waals surface area contributed by atoms with Crippen molar-refractivity contribution in [2.45, 2.75) is 54.3 Å². The Bertz CT molecular complexity index is 1670. The molecule has 1 aromatic heterocycles. The number of hydrogen-bond acceptors (Lipinski definition) is 12. The minimum atomic E-state index is -3.76. The summed E-state index contributed by atoms with van der Waals surface area (Å²) in [7, 11) is -3.76. The Morgan fingerprint density at radius 1 is 1.24 bits per heavy atom. The monoisotopic (exact) mass is 668 g/mol. The molecule has 0 radical (unpaired) electrons. The van der Waals surface area contributed by atoms with Gasteiger partial charge in [0.05, 0.1) is 22.7 Å². The zero-order valence-electron chi connectivity index (χ0n) is 24.5. The molecule has 7 atom stereocenters. The van der Waals surface area contributed by atoms with Crippen molar-refractivity contribution >= 4 is 51.1 Å². The summed E-state index contributed by atoms with van der Waals surface area (Å²) in [6, 6.07) is 7.23. The predicted octanol–water partition coefficient (Wildman–Crippen LogP) is -4.76. The van der Waals surface area contributed by atoms with Crippen LogP contribution in [0, 0.1) is 11.8 Å². The molecular weight excluding hydrogens is 639 g/mol. The molecule has 0 spiro atoms. The van der Waals surface area contributed by atoms with Crippen LogP contribution in [0.3, 0.4) is 0 Å². The van der Waals surface area contributed by atoms with E-state index in [0.717, 1.165) is 0 Å². The van der Waals surface area contributed by atoms with E-state index in [2.05, 4.69) is 15.6 Å². The van der Waals surface area contributed by atoms with Gasteiger partial charge in [0.25, 0.3) is 5.91 Å². The number of ketones is 1. The Balaban J connectivity index is 0.000000203. The summed E-state index contributed by atoms with van der Waals surface area (Å²) in [6.45, 7) is 2.88. The number of Topliss-reactive ketones (excluding diaryl/α,β-unsaturated/α-hetero) is 1. The average Bonchev–Trinajstić information content (AvgIpc) is 3.53. The van der Waals surface area contributed by atoms with Crippen LogP contribution in [0.15, 0.2) is 54.0 Å². The van der Waals surface area contributed by atoms with Crippen LogP contribution in [0.1, 0.15) is 31.9 Å². The molecule has 6 rings (SSSR count). The summed E-state index contributed by atoms with van der Waals surface area (Å²) in [6.07, 6.45) is 2.72. The van der Waals surface area contributed by atoms with Crippen molar-refractivity contribution in [3.8, 4) is 0 Å². The Labute approximate surface area is 284 Å². The molecule has 234 valence electrons. The maximum atomic E-state index is 12.6. The second-order valence-corrected chi connectivity index (χ2v) is 14.9. The number of carbonyl (C=O) groups excluding carboxylic acids is 4. The number of sulfone groups is 1. The smallest absolute Gasteiger partial charge is 0.550 e. The average molecular weight is 669 g/mol. The number of benzene rings is 1. The fourth-order valence-corrected chi connectivity index (χ4v) is 10.1. The third-order valence-corrected chi connectivity index (χ3v) is 12.9. The van der Waals surface area contributed by atoms with Crippen molar-refractivity contribution in [3.05, 3.63) is 59.6 Å². The molecule has 18 heteroatoms. The van der Waals surface area contributed by atoms with Crippen LogP contribution in [-0.2, 0) is 40.4 Å². The molecular formula is C27H29N6NaO9S2. The van der Waals surface area contributed by atoms with Crippen molar-refractivity contribution in [3.63, 3.8) is 0 Å². The van der Waals surface area contributed by atoms with Crippen LogP contribution in [0.2, 0.25) is 0 Å². The Kier molecular flexibility index (Phi) is 10.0. The number of β-lactam (4-membered cyclic amide) rings is 1. The number of carbonyl (C=O) groups is 5. The van der Waals surface area contributed by atoms with E-state index in [1.165, 1.54) is 40.7 Å². The number of hydrogen-bond donors (Lipinski definition) is 3. The van der Waals surface area contributed by atoms with Gasteiger partial charge in [-0.3, -0.25) is 24.0 Å². The summed E-state index contributed by atoms with van der Waals surface area (Å²) in [5, 5.41) is 29.3. The van der Waals surface area contributed by atoms with Crippen LogP contribution < -0.4 is 45.7 Å². The molecule has 3 aliphatic heterocycles. The summed E-state index contributed by atoms with van der Waals surface area (Å²) >= 11 is 1.43. The Morgan fingerprint density at radius 3 is 2.47 bits per heavy atom. The second-order valence-electron chi connectivity index (χ2n) is 11.2. The number of amides is 2. The third kappa shape index (κ3) is 5.85. The Morgan fingerprint density at radius 2 is 1.91 bits per heavy atom. The van der Waals surface area contributed by atoms with Crippen LogP contribution in [0.4, 0.5) is 0 Å². The summed E-state index contributed by atoms with van der Waals surface area (Å²) in [4.78, 5) is 60.2. The fourth-order valence-electron chi connectivity index (χ4n) is 6.17. The number of fused-ring (bicyclic) bond motifs is 2. The molecule has 1 aliphatic carbocycles. The zero-order chi connectivity index (χ0) is 32.1. The fraction of sp³-hybridized carbons (Fsp3) is 0.444. The molecule has 4 heterocycles. The molecule has 0 bridgehead atoms. The standard InChI is InChI=1S/C16H17N3O4S.C11H13N3O5S.Na/c1-8-7-24-15-11(14(21)19(15)12(8)16(22)23)18-13(20)10(17)9-5-3-2-4-6-9;1-11(5-14-3-2-12-13-14)9(10(16)17)8-6(15)4-7(8)20(11,18)19;/h2-6,10-11,15H,7,17H2,1H3,(H,18,20)(H,22,23);2-3,7-9H,4-5H2,1H3,(H,16,17);/q;;+1/p-1/t10?,11-,15-;7?,8?,9-,11-;/m10./s1. The van der Waals surface area contributed by atoms with E-state index in [-0.39, 0.29) is 54.0 Å². The number of nitrogens with zero attached hydrogens (tertiary/aromatic N) is 4. The number of nitrogens with two attached hydrogens (primary N) is 1. The molecule has 4 aliphatic rings. The molecule has 2 saturated heterocycles. The van der Waals surface area contributed by atoms with Crippen molar-refractivity contribution in [2.24, 2.45) is 17.6 Å². The van der Waals surface area contributed by atoms with Crippen molar-refractivity contribution in [2.75, 3.05) is 5.75 Å². The maximum absolute atomic E-state index is 12.6. The first-order valence-corrected chi connectivity index (χ1v) is 16.1. The molecule has 4 N–H and O–H groups in total. The second kappa shape index (κ2) is 13.0. The van der Waals surface area contributed by atoms with Gasteiger partial charge in [0.1, 0.15) is 28.9 Å². The Hall–Kier alpha value is -3.09. The van der Waals surface area contributed by atoms with E-state index in [0.29, 0.717) is 16.9 Å². The van der Waals surface area contributed by atoms with Gasteiger partial charge in [-0.2, -0.15) is 0 Å². The molecule has 3 unspecified atom stereocenters. The molecule has 1 aromatic carbocycles. The van der Waals surface area contributed by atoms with Crippen LogP contribution in [0.25, 0.3) is 0 Å². The van der Waals surface area contributed by atoms with Crippen molar-refractivity contribution in [1.29, 1.82) is 0 Å². The number of rotatable bonds is 7. The van der Waals surface area contributed by atoms with Gasteiger partial charge in [-0.1, -0.05) is 35.5 Å². The van der Waals surface area contributed by atoms with Gasteiger partial charge in [0, 0.05) is 36.2 Å². The van der Waals surface area contributed by atoms with Gasteiger partial charge in [-0.25, -0.2) is 13.2 Å². The topological polar surface area (TPSA) is 235 Å². The van der Waals surface area contributed by atoms with Gasteiger partial charge in [0.15, 0.2) is 9.84 Å². The number of thioether (sulfide) groups is 1. The summed E-state index contributed by atoms with van der Waals surface area (Å²) in [5.74, 6) is -5.65. The molecule has 45 heavy (non-hydrogen) atoms. The molecule has 1 saturated carbocycles. The van der Waals surface area contributed by atoms with E-state index in [1.54, 1.807) is 31.2 Å². The minimum absolute atomic E-state index is 0. The minimum Gasteiger partial charge on any atom is -0.550 e. The largest absolute Gasteiger partial charge is 1.00 e. The third-order valence-electron chi connectivity index (χ3n) is 8.54. The first kappa shape index (κ1) is 34.8. The SMILES string of the molecule is CC1=C(C(=O)O)N2C(=O)[C@@H](NC(=O)C(N)c3ccccc3)[C@H]2SC1.C[C@]1(Cn2ccnn2)[C@H](C(=O)[O-])C2C(=O)CC2S1(=O)=O.[Na+]. The van der Waals surface area contributed by atoms with E-state index >= 15 is 0 Å². The van der Waals surface area contributed by atoms with E-state index in [9.17, 15) is 42.6 Å². The van der Waals surface area contributed by atoms with Gasteiger partial charge in [0.2, 0.25) is 5.91 Å².